The highest BCUT2D eigenvalue weighted by Gasteiger charge is 2.24. The molecule has 18 heavy (non-hydrogen) atoms. The van der Waals surface area contributed by atoms with E-state index in [2.05, 4.69) is 16.0 Å². The minimum Gasteiger partial charge on any atom is -0.488 e. The Labute approximate surface area is 106 Å². The average Bonchev–Trinajstić information content (AvgIpc) is 2.81. The Morgan fingerprint density at radius 2 is 2.28 bits per heavy atom. The first kappa shape index (κ1) is 11.2. The summed E-state index contributed by atoms with van der Waals surface area (Å²) in [5.41, 5.74) is 8.81. The molecule has 0 saturated carbocycles. The van der Waals surface area contributed by atoms with E-state index in [1.54, 1.807) is 6.20 Å². The molecule has 0 radical (unpaired) electrons. The van der Waals surface area contributed by atoms with E-state index in [0.29, 0.717) is 6.54 Å². The van der Waals surface area contributed by atoms with Crippen LogP contribution in [0.1, 0.15) is 11.4 Å². The summed E-state index contributed by atoms with van der Waals surface area (Å²) in [6.45, 7) is 2.42. The molecule has 4 heteroatoms. The third-order valence-electron chi connectivity index (χ3n) is 3.14. The molecule has 1 atom stereocenters. The normalized spacial score (nSPS) is 17.3. The van der Waals surface area contributed by atoms with Crippen LogP contribution in [0.25, 0.3) is 11.3 Å². The molecule has 2 heterocycles. The van der Waals surface area contributed by atoms with Crippen LogP contribution in [0, 0.1) is 6.92 Å². The maximum absolute atomic E-state index is 5.90. The lowest BCUT2D eigenvalue weighted by molar-refractivity contribution is 0.242. The van der Waals surface area contributed by atoms with E-state index in [-0.39, 0.29) is 6.10 Å². The van der Waals surface area contributed by atoms with Crippen LogP contribution < -0.4 is 10.5 Å². The van der Waals surface area contributed by atoms with E-state index < -0.39 is 0 Å². The molecule has 1 aliphatic rings. The largest absolute Gasteiger partial charge is 0.488 e. The number of nitrogens with zero attached hydrogens (tertiary/aromatic N) is 2. The van der Waals surface area contributed by atoms with Gasteiger partial charge in [0.05, 0.1) is 5.69 Å². The van der Waals surface area contributed by atoms with Crippen molar-refractivity contribution in [1.29, 1.82) is 0 Å². The van der Waals surface area contributed by atoms with Gasteiger partial charge >= 0.3 is 0 Å². The van der Waals surface area contributed by atoms with Crippen LogP contribution >= 0.6 is 0 Å². The van der Waals surface area contributed by atoms with Crippen LogP contribution in [0.15, 0.2) is 30.5 Å². The highest BCUT2D eigenvalue weighted by molar-refractivity contribution is 5.70. The molecule has 0 unspecified atom stereocenters. The quantitative estimate of drug-likeness (QED) is 0.869. The second-order valence-electron chi connectivity index (χ2n) is 4.46. The van der Waals surface area contributed by atoms with E-state index in [1.807, 2.05) is 25.1 Å². The average molecular weight is 241 g/mol. The molecule has 1 aliphatic heterocycles. The van der Waals surface area contributed by atoms with Crippen LogP contribution in [0.5, 0.6) is 5.75 Å². The number of para-hydroxylation sites is 1. The zero-order chi connectivity index (χ0) is 12.5. The summed E-state index contributed by atoms with van der Waals surface area (Å²) in [5.74, 6) is 1.68. The molecular weight excluding hydrogens is 226 g/mol. The number of aromatic nitrogens is 2. The van der Waals surface area contributed by atoms with E-state index in [9.17, 15) is 0 Å². The molecule has 4 nitrogen and oxygen atoms in total. The van der Waals surface area contributed by atoms with Crippen molar-refractivity contribution in [3.05, 3.63) is 41.9 Å². The molecule has 2 N–H and O–H groups in total. The van der Waals surface area contributed by atoms with Crippen molar-refractivity contribution < 1.29 is 4.74 Å². The lowest BCUT2D eigenvalue weighted by Gasteiger charge is -2.10. The summed E-state index contributed by atoms with van der Waals surface area (Å²) in [5, 5.41) is 0. The lowest BCUT2D eigenvalue weighted by atomic mass is 10.0. The Balaban J connectivity index is 2.08. The molecule has 0 saturated heterocycles. The van der Waals surface area contributed by atoms with Crippen molar-refractivity contribution in [3.63, 3.8) is 0 Å². The zero-order valence-electron chi connectivity index (χ0n) is 10.3. The topological polar surface area (TPSA) is 61.0 Å². The number of benzene rings is 1. The van der Waals surface area contributed by atoms with E-state index in [4.69, 9.17) is 10.5 Å². The summed E-state index contributed by atoms with van der Waals surface area (Å²) in [6.07, 6.45) is 2.74. The number of nitrogens with two attached hydrogens (primary N) is 1. The van der Waals surface area contributed by atoms with Crippen LogP contribution in [0.3, 0.4) is 0 Å². The molecular formula is C14H15N3O. The van der Waals surface area contributed by atoms with Gasteiger partial charge in [-0.05, 0) is 24.6 Å². The molecule has 3 rings (SSSR count). The highest BCUT2D eigenvalue weighted by atomic mass is 16.5. The summed E-state index contributed by atoms with van der Waals surface area (Å²) in [7, 11) is 0. The van der Waals surface area contributed by atoms with E-state index in [1.165, 1.54) is 5.56 Å². The fraction of sp³-hybridized carbons (Fsp3) is 0.286. The SMILES string of the molecule is Cc1nccc(-c2cccc3c2O[C@H](CN)C3)n1. The minimum atomic E-state index is 0.0871. The van der Waals surface area contributed by atoms with Gasteiger partial charge in [0.1, 0.15) is 17.7 Å². The molecule has 0 spiro atoms. The predicted molar refractivity (Wildman–Crippen MR) is 69.4 cm³/mol. The Kier molecular flexibility index (Phi) is 2.72. The zero-order valence-corrected chi connectivity index (χ0v) is 10.3. The molecule has 1 aromatic heterocycles. The van der Waals surface area contributed by atoms with Crippen molar-refractivity contribution in [1.82, 2.24) is 9.97 Å². The van der Waals surface area contributed by atoms with Gasteiger partial charge in [-0.1, -0.05) is 12.1 Å². The van der Waals surface area contributed by atoms with Gasteiger partial charge in [0, 0.05) is 24.7 Å². The van der Waals surface area contributed by atoms with Gasteiger partial charge in [-0.2, -0.15) is 0 Å². The number of aryl methyl sites for hydroxylation is 1. The maximum atomic E-state index is 5.90. The van der Waals surface area contributed by atoms with E-state index >= 15 is 0 Å². The van der Waals surface area contributed by atoms with Gasteiger partial charge in [0.25, 0.3) is 0 Å². The second kappa shape index (κ2) is 4.38. The summed E-state index contributed by atoms with van der Waals surface area (Å²) in [4.78, 5) is 8.57. The summed E-state index contributed by atoms with van der Waals surface area (Å²) in [6, 6.07) is 8.05. The molecule has 0 aliphatic carbocycles. The first-order valence-corrected chi connectivity index (χ1v) is 6.06. The van der Waals surface area contributed by atoms with Crippen LogP contribution in [0.2, 0.25) is 0 Å². The van der Waals surface area contributed by atoms with Crippen molar-refractivity contribution >= 4 is 0 Å². The first-order chi connectivity index (χ1) is 8.78. The number of ether oxygens (including phenoxy) is 1. The Bertz CT molecular complexity index is 583. The molecule has 0 bridgehead atoms. The molecule has 1 aromatic carbocycles. The Hall–Kier alpha value is -1.94. The predicted octanol–water partition coefficient (Wildman–Crippen LogP) is 1.71. The molecule has 92 valence electrons. The fourth-order valence-electron chi connectivity index (χ4n) is 2.28. The van der Waals surface area contributed by atoms with Crippen LogP contribution in [-0.2, 0) is 6.42 Å². The van der Waals surface area contributed by atoms with Gasteiger partial charge in [-0.3, -0.25) is 0 Å². The Morgan fingerprint density at radius 1 is 1.39 bits per heavy atom. The standard InChI is InChI=1S/C14H15N3O/c1-9-16-6-5-13(17-9)12-4-2-3-10-7-11(8-15)18-14(10)12/h2-6,11H,7-8,15H2,1H3/t11-/m0/s1. The smallest absolute Gasteiger partial charge is 0.132 e. The minimum absolute atomic E-state index is 0.0871. The number of hydrogen-bond donors (Lipinski definition) is 1. The molecule has 0 amide bonds. The summed E-state index contributed by atoms with van der Waals surface area (Å²) >= 11 is 0. The third kappa shape index (κ3) is 1.84. The van der Waals surface area contributed by atoms with Gasteiger partial charge in [0.15, 0.2) is 0 Å². The van der Waals surface area contributed by atoms with Crippen molar-refractivity contribution in [2.45, 2.75) is 19.4 Å². The van der Waals surface area contributed by atoms with Gasteiger partial charge in [-0.15, -0.1) is 0 Å². The monoisotopic (exact) mass is 241 g/mol. The second-order valence-corrected chi connectivity index (χ2v) is 4.46. The van der Waals surface area contributed by atoms with Crippen LogP contribution in [0.4, 0.5) is 0 Å². The van der Waals surface area contributed by atoms with Crippen molar-refractivity contribution in [2.24, 2.45) is 5.73 Å². The fourth-order valence-corrected chi connectivity index (χ4v) is 2.28. The molecule has 0 fully saturated rings. The third-order valence-corrected chi connectivity index (χ3v) is 3.14. The van der Waals surface area contributed by atoms with Crippen LogP contribution in [-0.4, -0.2) is 22.6 Å². The number of fused-ring (bicyclic) bond motifs is 1. The van der Waals surface area contributed by atoms with Crippen molar-refractivity contribution in [2.75, 3.05) is 6.54 Å². The Morgan fingerprint density at radius 3 is 3.06 bits per heavy atom. The van der Waals surface area contributed by atoms with Gasteiger partial charge in [0.2, 0.25) is 0 Å². The highest BCUT2D eigenvalue weighted by Crippen LogP contribution is 2.37. The van der Waals surface area contributed by atoms with Crippen molar-refractivity contribution in [3.8, 4) is 17.0 Å². The van der Waals surface area contributed by atoms with E-state index in [0.717, 1.165) is 29.3 Å². The number of rotatable bonds is 2. The first-order valence-electron chi connectivity index (χ1n) is 6.06. The lowest BCUT2D eigenvalue weighted by Crippen LogP contribution is -2.24. The van der Waals surface area contributed by atoms with Gasteiger partial charge in [-0.25, -0.2) is 9.97 Å². The van der Waals surface area contributed by atoms with Gasteiger partial charge < -0.3 is 10.5 Å². The summed E-state index contributed by atoms with van der Waals surface area (Å²) < 4.78 is 5.90. The maximum Gasteiger partial charge on any atom is 0.132 e. The number of hydrogen-bond acceptors (Lipinski definition) is 4. The molecule has 2 aromatic rings.